The van der Waals surface area contributed by atoms with Crippen LogP contribution in [0.15, 0.2) is 42.7 Å². The highest BCUT2D eigenvalue weighted by Crippen LogP contribution is 2.34. The first-order valence-electron chi connectivity index (χ1n) is 7.58. The Balaban J connectivity index is 2.01. The number of hydrogen-bond donors (Lipinski definition) is 2. The van der Waals surface area contributed by atoms with Gasteiger partial charge in [-0.25, -0.2) is 9.97 Å². The van der Waals surface area contributed by atoms with Gasteiger partial charge in [0.15, 0.2) is 11.5 Å². The lowest BCUT2D eigenvalue weighted by Gasteiger charge is -2.12. The second-order valence-corrected chi connectivity index (χ2v) is 5.11. The van der Waals surface area contributed by atoms with Crippen LogP contribution in [-0.2, 0) is 0 Å². The highest BCUT2D eigenvalue weighted by atomic mass is 16.5. The minimum atomic E-state index is -0.171. The van der Waals surface area contributed by atoms with Crippen LogP contribution >= 0.6 is 0 Å². The van der Waals surface area contributed by atoms with Crippen molar-refractivity contribution in [1.29, 1.82) is 0 Å². The molecule has 126 valence electrons. The third-order valence-corrected chi connectivity index (χ3v) is 3.58. The summed E-state index contributed by atoms with van der Waals surface area (Å²) in [5, 5.41) is 12.9. The van der Waals surface area contributed by atoms with Gasteiger partial charge in [-0.15, -0.1) is 0 Å². The zero-order chi connectivity index (χ0) is 17.6. The summed E-state index contributed by atoms with van der Waals surface area (Å²) >= 11 is 0. The normalized spacial score (nSPS) is 10.0. The average molecular weight is 335 g/mol. The maximum Gasteiger partial charge on any atom is 0.162 e. The van der Waals surface area contributed by atoms with Gasteiger partial charge in [0.1, 0.15) is 18.8 Å². The van der Waals surface area contributed by atoms with E-state index in [1.807, 2.05) is 36.4 Å². The minimum Gasteiger partial charge on any atom is -0.493 e. The summed E-state index contributed by atoms with van der Waals surface area (Å²) in [6.45, 7) is -0.171. The maximum atomic E-state index is 8.81. The third-order valence-electron chi connectivity index (χ3n) is 3.58. The number of methoxy groups -OCH3 is 2. The number of aromatic nitrogens is 2. The van der Waals surface area contributed by atoms with Gasteiger partial charge < -0.3 is 19.9 Å². The van der Waals surface area contributed by atoms with E-state index in [0.717, 1.165) is 22.2 Å². The van der Waals surface area contributed by atoms with Gasteiger partial charge in [-0.3, -0.25) is 0 Å². The molecule has 0 saturated heterocycles. The monoisotopic (exact) mass is 335 g/mol. The van der Waals surface area contributed by atoms with E-state index < -0.39 is 0 Å². The fourth-order valence-corrected chi connectivity index (χ4v) is 2.44. The van der Waals surface area contributed by atoms with Crippen molar-refractivity contribution in [1.82, 2.24) is 9.97 Å². The SMILES string of the molecule is COc1cc2ncnc(Nc3cccc(C#CCO)c3)c2cc1OC. The lowest BCUT2D eigenvalue weighted by atomic mass is 10.2. The Labute approximate surface area is 145 Å². The van der Waals surface area contributed by atoms with E-state index in [2.05, 4.69) is 27.1 Å². The van der Waals surface area contributed by atoms with Gasteiger partial charge in [0.25, 0.3) is 0 Å². The van der Waals surface area contributed by atoms with Gasteiger partial charge in [0.2, 0.25) is 0 Å². The van der Waals surface area contributed by atoms with Crippen molar-refractivity contribution in [2.24, 2.45) is 0 Å². The Kier molecular flexibility index (Phi) is 4.97. The van der Waals surface area contributed by atoms with Crippen molar-refractivity contribution in [3.8, 4) is 23.3 Å². The fraction of sp³-hybridized carbons (Fsp3) is 0.158. The molecular formula is C19H17N3O3. The average Bonchev–Trinajstić information content (AvgIpc) is 2.66. The van der Waals surface area contributed by atoms with E-state index >= 15 is 0 Å². The smallest absolute Gasteiger partial charge is 0.162 e. The number of anilines is 2. The predicted molar refractivity (Wildman–Crippen MR) is 96.3 cm³/mol. The van der Waals surface area contributed by atoms with E-state index in [0.29, 0.717) is 17.3 Å². The molecule has 6 heteroatoms. The summed E-state index contributed by atoms with van der Waals surface area (Å²) in [6, 6.07) is 11.2. The molecule has 0 saturated carbocycles. The molecular weight excluding hydrogens is 318 g/mol. The van der Waals surface area contributed by atoms with Crippen LogP contribution in [0.5, 0.6) is 11.5 Å². The van der Waals surface area contributed by atoms with Crippen LogP contribution in [0, 0.1) is 11.8 Å². The first kappa shape index (κ1) is 16.6. The lowest BCUT2D eigenvalue weighted by Crippen LogP contribution is -1.98. The fourth-order valence-electron chi connectivity index (χ4n) is 2.44. The van der Waals surface area contributed by atoms with E-state index in [9.17, 15) is 0 Å². The highest BCUT2D eigenvalue weighted by Gasteiger charge is 2.11. The standard InChI is InChI=1S/C19H17N3O3/c1-24-17-10-15-16(11-18(17)25-2)20-12-21-19(15)22-14-7-3-5-13(9-14)6-4-8-23/h3,5,7,9-12,23H,8H2,1-2H3,(H,20,21,22). The summed E-state index contributed by atoms with van der Waals surface area (Å²) in [5.41, 5.74) is 2.38. The van der Waals surface area contributed by atoms with Crippen LogP contribution in [0.3, 0.4) is 0 Å². The third kappa shape index (κ3) is 3.62. The van der Waals surface area contributed by atoms with Crippen LogP contribution in [0.1, 0.15) is 5.56 Å². The lowest BCUT2D eigenvalue weighted by molar-refractivity contribution is 0.350. The second-order valence-electron chi connectivity index (χ2n) is 5.11. The molecule has 1 aromatic heterocycles. The van der Waals surface area contributed by atoms with E-state index in [-0.39, 0.29) is 6.61 Å². The number of hydrogen-bond acceptors (Lipinski definition) is 6. The molecule has 0 bridgehead atoms. The molecule has 6 nitrogen and oxygen atoms in total. The van der Waals surface area contributed by atoms with Gasteiger partial charge in [0.05, 0.1) is 19.7 Å². The molecule has 25 heavy (non-hydrogen) atoms. The molecule has 2 N–H and O–H groups in total. The van der Waals surface area contributed by atoms with E-state index in [1.165, 1.54) is 6.33 Å². The summed E-state index contributed by atoms with van der Waals surface area (Å²) in [7, 11) is 3.17. The summed E-state index contributed by atoms with van der Waals surface area (Å²) in [4.78, 5) is 8.62. The Morgan fingerprint density at radius 3 is 2.64 bits per heavy atom. The Morgan fingerprint density at radius 2 is 1.88 bits per heavy atom. The second kappa shape index (κ2) is 7.51. The predicted octanol–water partition coefficient (Wildman–Crippen LogP) is 2.73. The van der Waals surface area contributed by atoms with Crippen LogP contribution in [0.2, 0.25) is 0 Å². The van der Waals surface area contributed by atoms with Gasteiger partial charge >= 0.3 is 0 Å². The topological polar surface area (TPSA) is 76.5 Å². The number of fused-ring (bicyclic) bond motifs is 1. The number of nitrogens with one attached hydrogen (secondary N) is 1. The van der Waals surface area contributed by atoms with Crippen LogP contribution in [-0.4, -0.2) is 35.9 Å². The highest BCUT2D eigenvalue weighted by molar-refractivity contribution is 5.93. The first-order valence-corrected chi connectivity index (χ1v) is 7.58. The molecule has 0 fully saturated rings. The largest absolute Gasteiger partial charge is 0.493 e. The Hall–Kier alpha value is -3.30. The summed E-state index contributed by atoms with van der Waals surface area (Å²) < 4.78 is 10.7. The zero-order valence-corrected chi connectivity index (χ0v) is 13.9. The summed E-state index contributed by atoms with van der Waals surface area (Å²) in [5.74, 6) is 7.39. The number of benzene rings is 2. The first-order chi connectivity index (χ1) is 12.2. The van der Waals surface area contributed by atoms with Crippen molar-refractivity contribution in [2.75, 3.05) is 26.1 Å². The van der Waals surface area contributed by atoms with Crippen LogP contribution in [0.25, 0.3) is 10.9 Å². The van der Waals surface area contributed by atoms with Crippen LogP contribution < -0.4 is 14.8 Å². The molecule has 1 heterocycles. The van der Waals surface area contributed by atoms with E-state index in [1.54, 1.807) is 14.2 Å². The van der Waals surface area contributed by atoms with Gasteiger partial charge in [-0.05, 0) is 24.3 Å². The minimum absolute atomic E-state index is 0.171. The van der Waals surface area contributed by atoms with Crippen molar-refractivity contribution in [3.05, 3.63) is 48.3 Å². The van der Waals surface area contributed by atoms with Crippen molar-refractivity contribution < 1.29 is 14.6 Å². The van der Waals surface area contributed by atoms with Crippen molar-refractivity contribution >= 4 is 22.4 Å². The Morgan fingerprint density at radius 1 is 1.08 bits per heavy atom. The van der Waals surface area contributed by atoms with Gasteiger partial charge in [0, 0.05) is 22.7 Å². The molecule has 0 aliphatic rings. The van der Waals surface area contributed by atoms with Gasteiger partial charge in [-0.2, -0.15) is 0 Å². The maximum absolute atomic E-state index is 8.81. The number of nitrogens with zero attached hydrogens (tertiary/aromatic N) is 2. The molecule has 0 atom stereocenters. The molecule has 0 aliphatic heterocycles. The van der Waals surface area contributed by atoms with Crippen molar-refractivity contribution in [2.45, 2.75) is 0 Å². The molecule has 0 aliphatic carbocycles. The van der Waals surface area contributed by atoms with E-state index in [4.69, 9.17) is 14.6 Å². The van der Waals surface area contributed by atoms with Crippen molar-refractivity contribution in [3.63, 3.8) is 0 Å². The Bertz CT molecular complexity index is 961. The number of rotatable bonds is 4. The number of aliphatic hydroxyl groups is 1. The van der Waals surface area contributed by atoms with Gasteiger partial charge in [-0.1, -0.05) is 17.9 Å². The molecule has 0 spiro atoms. The van der Waals surface area contributed by atoms with Crippen LogP contribution in [0.4, 0.5) is 11.5 Å². The summed E-state index contributed by atoms with van der Waals surface area (Å²) in [6.07, 6.45) is 1.49. The zero-order valence-electron chi connectivity index (χ0n) is 13.9. The number of aliphatic hydroxyl groups excluding tert-OH is 1. The molecule has 0 unspecified atom stereocenters. The molecule has 0 amide bonds. The molecule has 0 radical (unpaired) electrons. The molecule has 3 rings (SSSR count). The molecule has 2 aromatic carbocycles. The number of ether oxygens (including phenoxy) is 2. The quantitative estimate of drug-likeness (QED) is 0.714. The molecule has 3 aromatic rings.